The average Bonchev–Trinajstić information content (AvgIpc) is 2.15. The van der Waals surface area contributed by atoms with E-state index in [9.17, 15) is 4.79 Å². The van der Waals surface area contributed by atoms with Crippen LogP contribution >= 0.6 is 0 Å². The molecule has 1 amide bonds. The first-order valence-corrected chi connectivity index (χ1v) is 4.49. The number of rotatable bonds is 3. The first-order chi connectivity index (χ1) is 6.68. The molecule has 1 radical (unpaired) electrons. The molecule has 1 rings (SSSR count). The highest BCUT2D eigenvalue weighted by Gasteiger charge is 2.03. The van der Waals surface area contributed by atoms with Gasteiger partial charge in [0.2, 0.25) is 0 Å². The van der Waals surface area contributed by atoms with Crippen LogP contribution in [0.1, 0.15) is 12.5 Å². The van der Waals surface area contributed by atoms with Gasteiger partial charge in [0.25, 0.3) is 0 Å². The fourth-order valence-corrected chi connectivity index (χ4v) is 0.966. The van der Waals surface area contributed by atoms with Crippen molar-refractivity contribution < 1.29 is 9.53 Å². The van der Waals surface area contributed by atoms with Crippen LogP contribution in [0.4, 0.5) is 4.79 Å². The summed E-state index contributed by atoms with van der Waals surface area (Å²) in [6, 6.07) is 9.39. The molecule has 0 aliphatic carbocycles. The topological polar surface area (TPSA) is 38.3 Å². The number of carbonyl (C=O) groups excluding carboxylic acids is 1. The third kappa shape index (κ3) is 3.94. The predicted molar refractivity (Wildman–Crippen MR) is 54.6 cm³/mol. The molecule has 75 valence electrons. The van der Waals surface area contributed by atoms with Crippen LogP contribution in [0, 0.1) is 6.92 Å². The van der Waals surface area contributed by atoms with E-state index in [0.717, 1.165) is 5.56 Å². The zero-order valence-corrected chi connectivity index (χ0v) is 8.19. The fraction of sp³-hybridized carbons (Fsp3) is 0.273. The summed E-state index contributed by atoms with van der Waals surface area (Å²) in [4.78, 5) is 11.1. The molecule has 0 aliphatic rings. The Hall–Kier alpha value is -1.51. The summed E-state index contributed by atoms with van der Waals surface area (Å²) in [7, 11) is 0. The molecule has 1 aromatic rings. The smallest absolute Gasteiger partial charge is 0.407 e. The van der Waals surface area contributed by atoms with Gasteiger partial charge >= 0.3 is 6.09 Å². The van der Waals surface area contributed by atoms with E-state index in [1.54, 1.807) is 6.92 Å². The lowest BCUT2D eigenvalue weighted by atomic mass is 10.2. The number of ether oxygens (including phenoxy) is 1. The number of hydrogen-bond donors (Lipinski definition) is 1. The molecule has 0 aliphatic heterocycles. The van der Waals surface area contributed by atoms with Crippen molar-refractivity contribution in [3.05, 3.63) is 42.8 Å². The Labute approximate surface area is 84.1 Å². The van der Waals surface area contributed by atoms with Crippen LogP contribution in [0.25, 0.3) is 0 Å². The minimum Gasteiger partial charge on any atom is -0.445 e. The number of carbonyl (C=O) groups is 1. The van der Waals surface area contributed by atoms with Crippen LogP contribution in [-0.4, -0.2) is 12.1 Å². The van der Waals surface area contributed by atoms with Crippen LogP contribution in [-0.2, 0) is 11.3 Å². The van der Waals surface area contributed by atoms with E-state index in [2.05, 4.69) is 12.2 Å². The molecular formula is C11H14NO2. The van der Waals surface area contributed by atoms with Crippen molar-refractivity contribution in [2.75, 3.05) is 0 Å². The normalized spacial score (nSPS) is 9.93. The Morgan fingerprint density at radius 2 is 2.14 bits per heavy atom. The third-order valence-corrected chi connectivity index (χ3v) is 1.58. The van der Waals surface area contributed by atoms with Crippen molar-refractivity contribution in [1.29, 1.82) is 0 Å². The molecule has 1 aromatic carbocycles. The van der Waals surface area contributed by atoms with Gasteiger partial charge in [0, 0.05) is 6.04 Å². The third-order valence-electron chi connectivity index (χ3n) is 1.58. The molecule has 0 heterocycles. The lowest BCUT2D eigenvalue weighted by Crippen LogP contribution is -2.30. The lowest BCUT2D eigenvalue weighted by molar-refractivity contribution is 0.138. The van der Waals surface area contributed by atoms with Crippen molar-refractivity contribution in [1.82, 2.24) is 5.32 Å². The maximum absolute atomic E-state index is 11.1. The summed E-state index contributed by atoms with van der Waals surface area (Å²) >= 11 is 0. The minimum absolute atomic E-state index is 0.140. The van der Waals surface area contributed by atoms with E-state index in [1.807, 2.05) is 30.3 Å². The number of hydrogen-bond acceptors (Lipinski definition) is 2. The van der Waals surface area contributed by atoms with Gasteiger partial charge in [-0.1, -0.05) is 30.3 Å². The van der Waals surface area contributed by atoms with E-state index in [0.29, 0.717) is 6.61 Å². The van der Waals surface area contributed by atoms with Crippen LogP contribution in [0.5, 0.6) is 0 Å². The first-order valence-electron chi connectivity index (χ1n) is 4.49. The van der Waals surface area contributed by atoms with E-state index in [-0.39, 0.29) is 6.04 Å². The summed E-state index contributed by atoms with van der Waals surface area (Å²) in [5.41, 5.74) is 0.972. The van der Waals surface area contributed by atoms with Crippen LogP contribution < -0.4 is 5.32 Å². The second-order valence-electron chi connectivity index (χ2n) is 3.11. The molecule has 0 saturated carbocycles. The molecular weight excluding hydrogens is 178 g/mol. The standard InChI is InChI=1S/C11H14NO2/c1-9(2)12-11(13)14-8-10-6-4-3-5-7-10/h3-7,9H,1,8H2,2H3,(H,12,13)/t9-/m1/s1. The molecule has 14 heavy (non-hydrogen) atoms. The molecule has 0 spiro atoms. The Kier molecular flexibility index (Phi) is 3.98. The zero-order chi connectivity index (χ0) is 10.4. The summed E-state index contributed by atoms with van der Waals surface area (Å²) in [6.07, 6.45) is -0.434. The molecule has 1 N–H and O–H groups in total. The molecule has 0 unspecified atom stereocenters. The lowest BCUT2D eigenvalue weighted by Gasteiger charge is -2.08. The van der Waals surface area contributed by atoms with Crippen LogP contribution in [0.3, 0.4) is 0 Å². The van der Waals surface area contributed by atoms with Gasteiger partial charge in [0.05, 0.1) is 0 Å². The highest BCUT2D eigenvalue weighted by molar-refractivity contribution is 5.67. The van der Waals surface area contributed by atoms with Gasteiger partial charge in [-0.2, -0.15) is 0 Å². The van der Waals surface area contributed by atoms with Crippen LogP contribution in [0.15, 0.2) is 30.3 Å². The van der Waals surface area contributed by atoms with Gasteiger partial charge in [-0.25, -0.2) is 4.79 Å². The number of amides is 1. The summed E-state index contributed by atoms with van der Waals surface area (Å²) in [5.74, 6) is 0. The quantitative estimate of drug-likeness (QED) is 0.796. The molecule has 0 aromatic heterocycles. The van der Waals surface area contributed by atoms with Crippen molar-refractivity contribution in [3.63, 3.8) is 0 Å². The first kappa shape index (κ1) is 10.6. The molecule has 3 heteroatoms. The second kappa shape index (κ2) is 5.27. The van der Waals surface area contributed by atoms with E-state index < -0.39 is 6.09 Å². The predicted octanol–water partition coefficient (Wildman–Crippen LogP) is 2.14. The SMILES string of the molecule is [CH2][C@H](C)NC(=O)OCc1ccccc1. The molecule has 0 fully saturated rings. The zero-order valence-electron chi connectivity index (χ0n) is 8.19. The largest absolute Gasteiger partial charge is 0.445 e. The molecule has 1 atom stereocenters. The number of benzene rings is 1. The second-order valence-corrected chi connectivity index (χ2v) is 3.11. The van der Waals surface area contributed by atoms with Gasteiger partial charge in [-0.3, -0.25) is 0 Å². The monoisotopic (exact) mass is 192 g/mol. The number of alkyl carbamates (subject to hydrolysis) is 1. The van der Waals surface area contributed by atoms with Gasteiger partial charge < -0.3 is 10.1 Å². The van der Waals surface area contributed by atoms with Crippen molar-refractivity contribution in [2.24, 2.45) is 0 Å². The van der Waals surface area contributed by atoms with Crippen molar-refractivity contribution in [2.45, 2.75) is 19.6 Å². The maximum atomic E-state index is 11.1. The van der Waals surface area contributed by atoms with Crippen LogP contribution in [0.2, 0.25) is 0 Å². The van der Waals surface area contributed by atoms with Gasteiger partial charge in [-0.15, -0.1) is 0 Å². The summed E-state index contributed by atoms with van der Waals surface area (Å²) in [5, 5.41) is 2.54. The van der Waals surface area contributed by atoms with Crippen molar-refractivity contribution >= 4 is 6.09 Å². The summed E-state index contributed by atoms with van der Waals surface area (Å²) < 4.78 is 4.95. The molecule has 0 bridgehead atoms. The van der Waals surface area contributed by atoms with Gasteiger partial charge in [0.1, 0.15) is 6.61 Å². The molecule has 3 nitrogen and oxygen atoms in total. The van der Waals surface area contributed by atoms with E-state index in [4.69, 9.17) is 4.74 Å². The highest BCUT2D eigenvalue weighted by Crippen LogP contribution is 2.00. The van der Waals surface area contributed by atoms with Crippen molar-refractivity contribution in [3.8, 4) is 0 Å². The summed E-state index contributed by atoms with van der Waals surface area (Å²) in [6.45, 7) is 5.69. The van der Waals surface area contributed by atoms with E-state index in [1.165, 1.54) is 0 Å². The fourth-order valence-electron chi connectivity index (χ4n) is 0.966. The van der Waals surface area contributed by atoms with E-state index >= 15 is 0 Å². The van der Waals surface area contributed by atoms with Gasteiger partial charge in [-0.05, 0) is 19.4 Å². The Morgan fingerprint density at radius 3 is 2.71 bits per heavy atom. The Bertz CT molecular complexity index is 283. The highest BCUT2D eigenvalue weighted by atomic mass is 16.5. The van der Waals surface area contributed by atoms with Gasteiger partial charge in [0.15, 0.2) is 0 Å². The average molecular weight is 192 g/mol. The Morgan fingerprint density at radius 1 is 1.50 bits per heavy atom. The number of nitrogens with one attached hydrogen (secondary N) is 1. The Balaban J connectivity index is 2.31. The molecule has 0 saturated heterocycles. The maximum Gasteiger partial charge on any atom is 0.407 e. The minimum atomic E-state index is -0.434.